The average molecular weight is 159 g/mol. The van der Waals surface area contributed by atoms with Gasteiger partial charge in [0.15, 0.2) is 0 Å². The third kappa shape index (κ3) is 2.21. The third-order valence-corrected chi connectivity index (χ3v) is 2.60. The van der Waals surface area contributed by atoms with Crippen LogP contribution in [0.3, 0.4) is 0 Å². The van der Waals surface area contributed by atoms with E-state index in [0.29, 0.717) is 5.16 Å². The zero-order chi connectivity index (χ0) is 7.61. The molecule has 1 aliphatic heterocycles. The molecule has 0 saturated carbocycles. The molecule has 2 heteroatoms. The summed E-state index contributed by atoms with van der Waals surface area (Å²) in [5.74, 6) is 0. The van der Waals surface area contributed by atoms with Gasteiger partial charge in [-0.25, -0.2) is 0 Å². The van der Waals surface area contributed by atoms with Gasteiger partial charge in [0.05, 0.1) is 0 Å². The quantitative estimate of drug-likeness (QED) is 0.555. The summed E-state index contributed by atoms with van der Waals surface area (Å²) < 4.78 is 0. The molecule has 0 aromatic carbocycles. The monoisotopic (exact) mass is 159 g/mol. The van der Waals surface area contributed by atoms with Crippen molar-refractivity contribution in [3.63, 3.8) is 0 Å². The van der Waals surface area contributed by atoms with Crippen molar-refractivity contribution in [2.75, 3.05) is 19.6 Å². The number of hydrogen-bond donors (Lipinski definition) is 0. The van der Waals surface area contributed by atoms with Crippen LogP contribution in [0, 0.1) is 0 Å². The standard InChI is InChI=1S/C8H18NP/c1-3-5-9-6-4-8(2,10)7-9/h3-7,10H2,1-2H3. The number of likely N-dealkylation sites (tertiary alicyclic amines) is 1. The topological polar surface area (TPSA) is 3.24 Å². The maximum Gasteiger partial charge on any atom is 0.00703 e. The number of nitrogens with zero attached hydrogens (tertiary/aromatic N) is 1. The lowest BCUT2D eigenvalue weighted by Crippen LogP contribution is -2.25. The molecule has 0 radical (unpaired) electrons. The molecule has 1 rings (SSSR count). The summed E-state index contributed by atoms with van der Waals surface area (Å²) >= 11 is 0. The first kappa shape index (κ1) is 8.49. The van der Waals surface area contributed by atoms with Gasteiger partial charge >= 0.3 is 0 Å². The molecule has 1 saturated heterocycles. The zero-order valence-electron chi connectivity index (χ0n) is 7.06. The van der Waals surface area contributed by atoms with Gasteiger partial charge in [-0.2, -0.15) is 0 Å². The normalized spacial score (nSPS) is 35.1. The van der Waals surface area contributed by atoms with Crippen molar-refractivity contribution < 1.29 is 0 Å². The van der Waals surface area contributed by atoms with E-state index in [0.717, 1.165) is 0 Å². The fraction of sp³-hybridized carbons (Fsp3) is 1.00. The molecule has 0 N–H and O–H groups in total. The Morgan fingerprint density at radius 3 is 2.70 bits per heavy atom. The Morgan fingerprint density at radius 2 is 2.30 bits per heavy atom. The SMILES string of the molecule is CCCN1CCC(C)(P)C1. The summed E-state index contributed by atoms with van der Waals surface area (Å²) in [7, 11) is 2.96. The molecule has 0 aliphatic carbocycles. The molecule has 0 spiro atoms. The van der Waals surface area contributed by atoms with Crippen molar-refractivity contribution in [3.8, 4) is 0 Å². The van der Waals surface area contributed by atoms with Gasteiger partial charge in [-0.1, -0.05) is 13.8 Å². The summed E-state index contributed by atoms with van der Waals surface area (Å²) in [6, 6.07) is 0. The van der Waals surface area contributed by atoms with E-state index in [4.69, 9.17) is 0 Å². The molecule has 0 aromatic rings. The Balaban J connectivity index is 2.29. The second-order valence-corrected chi connectivity index (χ2v) is 5.07. The molecule has 1 aliphatic rings. The van der Waals surface area contributed by atoms with E-state index < -0.39 is 0 Å². The largest absolute Gasteiger partial charge is 0.302 e. The van der Waals surface area contributed by atoms with Crippen molar-refractivity contribution in [3.05, 3.63) is 0 Å². The highest BCUT2D eigenvalue weighted by Gasteiger charge is 2.28. The van der Waals surface area contributed by atoms with Gasteiger partial charge in [-0.15, -0.1) is 9.24 Å². The molecule has 60 valence electrons. The van der Waals surface area contributed by atoms with Gasteiger partial charge in [0, 0.05) is 6.54 Å². The predicted octanol–water partition coefficient (Wildman–Crippen LogP) is 1.74. The van der Waals surface area contributed by atoms with Crippen molar-refractivity contribution >= 4 is 9.24 Å². The Kier molecular flexibility index (Phi) is 2.71. The minimum Gasteiger partial charge on any atom is -0.302 e. The van der Waals surface area contributed by atoms with Gasteiger partial charge < -0.3 is 4.90 Å². The fourth-order valence-electron chi connectivity index (χ4n) is 1.59. The highest BCUT2D eigenvalue weighted by Crippen LogP contribution is 2.29. The van der Waals surface area contributed by atoms with Crippen LogP contribution in [0.4, 0.5) is 0 Å². The van der Waals surface area contributed by atoms with Crippen molar-refractivity contribution in [1.29, 1.82) is 0 Å². The highest BCUT2D eigenvalue weighted by atomic mass is 31.0. The maximum absolute atomic E-state index is 2.96. The number of hydrogen-bond acceptors (Lipinski definition) is 1. The van der Waals surface area contributed by atoms with E-state index in [2.05, 4.69) is 28.0 Å². The summed E-state index contributed by atoms with van der Waals surface area (Å²) in [4.78, 5) is 2.55. The first-order chi connectivity index (χ1) is 4.64. The van der Waals surface area contributed by atoms with Crippen LogP contribution in [0.15, 0.2) is 0 Å². The molecule has 2 unspecified atom stereocenters. The summed E-state index contributed by atoms with van der Waals surface area (Å²) in [6.07, 6.45) is 2.64. The van der Waals surface area contributed by atoms with E-state index in [1.54, 1.807) is 0 Å². The van der Waals surface area contributed by atoms with Gasteiger partial charge in [0.25, 0.3) is 0 Å². The van der Waals surface area contributed by atoms with Crippen LogP contribution >= 0.6 is 9.24 Å². The average Bonchev–Trinajstić information content (AvgIpc) is 2.12. The van der Waals surface area contributed by atoms with Gasteiger partial charge in [0.1, 0.15) is 0 Å². The molecular weight excluding hydrogens is 141 g/mol. The van der Waals surface area contributed by atoms with E-state index in [9.17, 15) is 0 Å². The van der Waals surface area contributed by atoms with Crippen LogP contribution in [0.2, 0.25) is 0 Å². The zero-order valence-corrected chi connectivity index (χ0v) is 8.21. The van der Waals surface area contributed by atoms with Crippen molar-refractivity contribution in [2.45, 2.75) is 31.8 Å². The van der Waals surface area contributed by atoms with E-state index >= 15 is 0 Å². The van der Waals surface area contributed by atoms with Gasteiger partial charge in [0.2, 0.25) is 0 Å². The Hall–Kier alpha value is 0.390. The molecule has 0 amide bonds. The van der Waals surface area contributed by atoms with Crippen LogP contribution in [-0.4, -0.2) is 29.7 Å². The van der Waals surface area contributed by atoms with Crippen LogP contribution in [-0.2, 0) is 0 Å². The lowest BCUT2D eigenvalue weighted by Gasteiger charge is -2.18. The summed E-state index contributed by atoms with van der Waals surface area (Å²) in [6.45, 7) is 8.43. The van der Waals surface area contributed by atoms with Crippen molar-refractivity contribution in [1.82, 2.24) is 4.90 Å². The van der Waals surface area contributed by atoms with Crippen LogP contribution in [0.5, 0.6) is 0 Å². The maximum atomic E-state index is 2.96. The van der Waals surface area contributed by atoms with E-state index in [1.165, 1.54) is 32.5 Å². The molecular formula is C8H18NP. The highest BCUT2D eigenvalue weighted by molar-refractivity contribution is 7.19. The van der Waals surface area contributed by atoms with E-state index in [1.807, 2.05) is 0 Å². The summed E-state index contributed by atoms with van der Waals surface area (Å²) in [5.41, 5.74) is 0. The Labute approximate surface area is 66.4 Å². The Morgan fingerprint density at radius 1 is 1.60 bits per heavy atom. The van der Waals surface area contributed by atoms with Crippen LogP contribution in [0.25, 0.3) is 0 Å². The fourth-order valence-corrected chi connectivity index (χ4v) is 1.98. The smallest absolute Gasteiger partial charge is 0.00703 e. The molecule has 1 fully saturated rings. The summed E-state index contributed by atoms with van der Waals surface area (Å²) in [5, 5.41) is 0.509. The van der Waals surface area contributed by atoms with Crippen LogP contribution in [0.1, 0.15) is 26.7 Å². The lowest BCUT2D eigenvalue weighted by atomic mass is 10.1. The van der Waals surface area contributed by atoms with Crippen molar-refractivity contribution in [2.24, 2.45) is 0 Å². The minimum atomic E-state index is 0.509. The van der Waals surface area contributed by atoms with Gasteiger partial charge in [-0.05, 0) is 31.1 Å². The third-order valence-electron chi connectivity index (χ3n) is 2.12. The first-order valence-electron chi connectivity index (χ1n) is 4.15. The lowest BCUT2D eigenvalue weighted by molar-refractivity contribution is 0.333. The second kappa shape index (κ2) is 3.19. The van der Waals surface area contributed by atoms with Crippen LogP contribution < -0.4 is 0 Å². The number of rotatable bonds is 2. The minimum absolute atomic E-state index is 0.509. The molecule has 10 heavy (non-hydrogen) atoms. The molecule has 1 nitrogen and oxygen atoms in total. The molecule has 2 atom stereocenters. The van der Waals surface area contributed by atoms with Gasteiger partial charge in [-0.3, -0.25) is 0 Å². The van der Waals surface area contributed by atoms with E-state index in [-0.39, 0.29) is 0 Å². The molecule has 0 bridgehead atoms. The predicted molar refractivity (Wildman–Crippen MR) is 49.5 cm³/mol. The Bertz CT molecular complexity index is 112. The first-order valence-corrected chi connectivity index (χ1v) is 4.73. The second-order valence-electron chi connectivity index (χ2n) is 3.68. The molecule has 1 heterocycles. The molecule has 0 aromatic heterocycles.